The van der Waals surface area contributed by atoms with Gasteiger partial charge in [0, 0.05) is 11.5 Å². The van der Waals surface area contributed by atoms with E-state index in [-0.39, 0.29) is 17.0 Å². The number of hydrogen-bond acceptors (Lipinski definition) is 8. The molecule has 1 aliphatic heterocycles. The Balaban J connectivity index is 2.24. The van der Waals surface area contributed by atoms with Crippen LogP contribution in [0.4, 0.5) is 10.2 Å². The molecule has 0 bridgehead atoms. The van der Waals surface area contributed by atoms with Crippen LogP contribution < -0.4 is 5.73 Å². The van der Waals surface area contributed by atoms with Gasteiger partial charge in [0.15, 0.2) is 11.6 Å². The minimum Gasteiger partial charge on any atom is -0.405 e. The number of aromatic nitrogens is 3. The lowest BCUT2D eigenvalue weighted by Crippen LogP contribution is -2.50. The molecule has 0 amide bonds. The molecule has 0 aromatic carbocycles. The summed E-state index contributed by atoms with van der Waals surface area (Å²) in [6.45, 7) is 0. The Morgan fingerprint density at radius 1 is 1.50 bits per heavy atom. The molecule has 12 heteroatoms. The summed E-state index contributed by atoms with van der Waals surface area (Å²) in [6, 6.07) is 2.71. The first kappa shape index (κ1) is 16.7. The van der Waals surface area contributed by atoms with Crippen molar-refractivity contribution in [1.29, 1.82) is 5.26 Å². The molecule has 3 heterocycles. The topological polar surface area (TPSA) is 150 Å². The standard InChI is InChI=1S/C12H14B2FN5O4/c13-12(14,23)9-7(21)8(22)11(2-16,24-9)5-1-4(15)6-10(17)18-3-19-20(5)6/h1,3,7-9,21-23H,13-14H2,(H2,17,18,19)/t7-,8+,9?,11-/m0/s1. The first-order valence-electron chi connectivity index (χ1n) is 7.09. The summed E-state index contributed by atoms with van der Waals surface area (Å²) >= 11 is 0. The zero-order chi connectivity index (χ0) is 17.9. The first-order valence-corrected chi connectivity index (χ1v) is 7.09. The van der Waals surface area contributed by atoms with Crippen LogP contribution in [0.3, 0.4) is 0 Å². The van der Waals surface area contributed by atoms with E-state index in [0.29, 0.717) is 0 Å². The van der Waals surface area contributed by atoms with Crippen molar-refractivity contribution in [1.82, 2.24) is 14.6 Å². The average Bonchev–Trinajstić information content (AvgIpc) is 2.97. The maximum atomic E-state index is 14.2. The van der Waals surface area contributed by atoms with Crippen molar-refractivity contribution < 1.29 is 24.4 Å². The molecule has 4 atom stereocenters. The van der Waals surface area contributed by atoms with Gasteiger partial charge in [0.2, 0.25) is 5.60 Å². The molecule has 3 rings (SSSR count). The summed E-state index contributed by atoms with van der Waals surface area (Å²) < 4.78 is 20.8. The Hall–Kier alpha value is -2.19. The van der Waals surface area contributed by atoms with E-state index in [9.17, 15) is 25.0 Å². The van der Waals surface area contributed by atoms with E-state index >= 15 is 0 Å². The number of ether oxygens (including phenoxy) is 1. The minimum absolute atomic E-state index is 0.158. The van der Waals surface area contributed by atoms with Crippen molar-refractivity contribution in [2.24, 2.45) is 0 Å². The smallest absolute Gasteiger partial charge is 0.225 e. The van der Waals surface area contributed by atoms with Gasteiger partial charge in [-0.2, -0.15) is 10.4 Å². The zero-order valence-electron chi connectivity index (χ0n) is 12.9. The van der Waals surface area contributed by atoms with Gasteiger partial charge in [0.1, 0.15) is 51.9 Å². The summed E-state index contributed by atoms with van der Waals surface area (Å²) in [4.78, 5) is 3.68. The van der Waals surface area contributed by atoms with Crippen LogP contribution in [0.2, 0.25) is 0 Å². The summed E-state index contributed by atoms with van der Waals surface area (Å²) in [5, 5.41) is 42.7. The number of halogens is 1. The van der Waals surface area contributed by atoms with Gasteiger partial charge in [0.25, 0.3) is 0 Å². The lowest BCUT2D eigenvalue weighted by molar-refractivity contribution is -0.0843. The van der Waals surface area contributed by atoms with Gasteiger partial charge in [-0.25, -0.2) is 13.9 Å². The monoisotopic (exact) mass is 333 g/mol. The number of aliphatic hydroxyl groups is 3. The van der Waals surface area contributed by atoms with Crippen LogP contribution in [0.5, 0.6) is 0 Å². The van der Waals surface area contributed by atoms with E-state index in [1.54, 1.807) is 6.07 Å². The number of nitrogens with zero attached hydrogens (tertiary/aromatic N) is 4. The predicted molar refractivity (Wildman–Crippen MR) is 83.6 cm³/mol. The maximum absolute atomic E-state index is 14.2. The molecular weight excluding hydrogens is 319 g/mol. The van der Waals surface area contributed by atoms with Gasteiger partial charge in [-0.15, -0.1) is 0 Å². The van der Waals surface area contributed by atoms with E-state index in [1.165, 1.54) is 15.7 Å². The number of anilines is 1. The molecule has 0 radical (unpaired) electrons. The van der Waals surface area contributed by atoms with Gasteiger partial charge in [0.05, 0.1) is 5.69 Å². The van der Waals surface area contributed by atoms with E-state index in [0.717, 1.165) is 16.9 Å². The average molecular weight is 333 g/mol. The van der Waals surface area contributed by atoms with Crippen molar-refractivity contribution in [3.05, 3.63) is 23.9 Å². The van der Waals surface area contributed by atoms with Crippen molar-refractivity contribution >= 4 is 27.0 Å². The third kappa shape index (κ3) is 2.10. The van der Waals surface area contributed by atoms with Gasteiger partial charge < -0.3 is 25.8 Å². The molecule has 0 spiro atoms. The Labute approximate surface area is 137 Å². The number of fused-ring (bicyclic) bond motifs is 1. The summed E-state index contributed by atoms with van der Waals surface area (Å²) in [5.74, 6) is -0.969. The molecule has 0 aliphatic carbocycles. The minimum atomic E-state index is -2.14. The zero-order valence-corrected chi connectivity index (χ0v) is 12.9. The van der Waals surface area contributed by atoms with Gasteiger partial charge in [-0.05, 0) is 0 Å². The third-order valence-electron chi connectivity index (χ3n) is 4.14. The molecule has 0 saturated carbocycles. The Morgan fingerprint density at radius 2 is 2.17 bits per heavy atom. The lowest BCUT2D eigenvalue weighted by Gasteiger charge is -2.28. The van der Waals surface area contributed by atoms with Crippen LogP contribution in [-0.2, 0) is 10.3 Å². The van der Waals surface area contributed by atoms with Crippen molar-refractivity contribution in [2.45, 2.75) is 29.3 Å². The van der Waals surface area contributed by atoms with Gasteiger partial charge in [-0.1, -0.05) is 0 Å². The second-order valence-corrected chi connectivity index (χ2v) is 6.26. The number of aliphatic hydroxyl groups excluding tert-OH is 2. The van der Waals surface area contributed by atoms with Crippen LogP contribution in [0.15, 0.2) is 12.4 Å². The second-order valence-electron chi connectivity index (χ2n) is 6.26. The highest BCUT2D eigenvalue weighted by atomic mass is 19.1. The second kappa shape index (κ2) is 5.15. The van der Waals surface area contributed by atoms with Crippen molar-refractivity contribution in [3.8, 4) is 6.07 Å². The number of hydrogen-bond donors (Lipinski definition) is 4. The van der Waals surface area contributed by atoms with Crippen LogP contribution in [-0.4, -0.2) is 69.3 Å². The van der Waals surface area contributed by atoms with Crippen molar-refractivity contribution in [2.75, 3.05) is 5.73 Å². The predicted octanol–water partition coefficient (Wildman–Crippen LogP) is -3.80. The Bertz CT molecular complexity index is 850. The normalized spacial score (nSPS) is 30.5. The van der Waals surface area contributed by atoms with E-state index in [2.05, 4.69) is 10.1 Å². The highest BCUT2D eigenvalue weighted by molar-refractivity contribution is 6.39. The fourth-order valence-electron chi connectivity index (χ4n) is 2.96. The fraction of sp³-hybridized carbons (Fsp3) is 0.417. The molecule has 5 N–H and O–H groups in total. The first-order chi connectivity index (χ1) is 11.1. The SMILES string of the molecule is BC(B)(O)C1O[C@@](C#N)(c2cc(F)c3c(N)ncnn23)[C@H](O)[C@@H]1O. The number of nitrogen functional groups attached to an aromatic ring is 1. The molecule has 124 valence electrons. The Morgan fingerprint density at radius 3 is 2.71 bits per heavy atom. The van der Waals surface area contributed by atoms with Crippen LogP contribution in [0.1, 0.15) is 5.69 Å². The molecule has 1 unspecified atom stereocenters. The molecule has 1 fully saturated rings. The lowest BCUT2D eigenvalue weighted by atomic mass is 9.61. The van der Waals surface area contributed by atoms with E-state index in [1.807, 2.05) is 0 Å². The largest absolute Gasteiger partial charge is 0.405 e. The molecule has 9 nitrogen and oxygen atoms in total. The van der Waals surface area contributed by atoms with Crippen molar-refractivity contribution in [3.63, 3.8) is 0 Å². The quantitative estimate of drug-likeness (QED) is 0.409. The Kier molecular flexibility index (Phi) is 3.58. The molecule has 1 saturated heterocycles. The van der Waals surface area contributed by atoms with Gasteiger partial charge in [-0.3, -0.25) is 0 Å². The molecule has 1 aliphatic rings. The van der Waals surface area contributed by atoms with Gasteiger partial charge >= 0.3 is 0 Å². The third-order valence-corrected chi connectivity index (χ3v) is 4.14. The van der Waals surface area contributed by atoms with Crippen LogP contribution >= 0.6 is 0 Å². The summed E-state index contributed by atoms with van der Waals surface area (Å²) in [5.41, 5.74) is 3.14. The summed E-state index contributed by atoms with van der Waals surface area (Å²) in [7, 11) is 2.72. The number of nitrogens with two attached hydrogens (primary N) is 1. The fourth-order valence-corrected chi connectivity index (χ4v) is 2.96. The molecule has 2 aromatic rings. The highest BCUT2D eigenvalue weighted by Crippen LogP contribution is 2.42. The molecular formula is C12H14B2FN5O4. The summed E-state index contributed by atoms with van der Waals surface area (Å²) in [6.07, 6.45) is -3.54. The van der Waals surface area contributed by atoms with Crippen LogP contribution in [0.25, 0.3) is 5.52 Å². The maximum Gasteiger partial charge on any atom is 0.225 e. The van der Waals surface area contributed by atoms with Crippen LogP contribution in [0, 0.1) is 17.1 Å². The van der Waals surface area contributed by atoms with E-state index < -0.39 is 35.1 Å². The molecule has 24 heavy (non-hydrogen) atoms. The number of rotatable bonds is 2. The highest BCUT2D eigenvalue weighted by Gasteiger charge is 2.60. The van der Waals surface area contributed by atoms with E-state index in [4.69, 9.17) is 10.5 Å². The number of nitriles is 1. The molecule has 2 aromatic heterocycles.